The molecule has 0 aromatic carbocycles. The summed E-state index contributed by atoms with van der Waals surface area (Å²) >= 11 is 0. The highest BCUT2D eigenvalue weighted by atomic mass is 16.3. The van der Waals surface area contributed by atoms with Crippen LogP contribution in [-0.2, 0) is 5.41 Å². The van der Waals surface area contributed by atoms with Crippen LogP contribution >= 0.6 is 0 Å². The van der Waals surface area contributed by atoms with Gasteiger partial charge in [0.2, 0.25) is 0 Å². The Bertz CT molecular complexity index is 330. The summed E-state index contributed by atoms with van der Waals surface area (Å²) in [6.07, 6.45) is 3.98. The zero-order chi connectivity index (χ0) is 10.4. The van der Waals surface area contributed by atoms with E-state index in [4.69, 9.17) is 0 Å². The highest BCUT2D eigenvalue weighted by Crippen LogP contribution is 2.59. The number of nitrogens with zero attached hydrogens (tertiary/aromatic N) is 1. The molecule has 1 aromatic rings. The largest absolute Gasteiger partial charge is 0.506 e. The minimum Gasteiger partial charge on any atom is -0.506 e. The van der Waals surface area contributed by atoms with Gasteiger partial charge in [-0.2, -0.15) is 0 Å². The van der Waals surface area contributed by atoms with E-state index in [1.807, 2.05) is 6.07 Å². The summed E-state index contributed by atoms with van der Waals surface area (Å²) in [7, 11) is 0. The maximum atomic E-state index is 9.18. The van der Waals surface area contributed by atoms with Crippen molar-refractivity contribution in [3.05, 3.63) is 24.0 Å². The molecular formula is C12H17NO. The number of hydrogen-bond donors (Lipinski definition) is 1. The van der Waals surface area contributed by atoms with E-state index < -0.39 is 0 Å². The fourth-order valence-corrected chi connectivity index (χ4v) is 2.18. The molecule has 0 amide bonds. The van der Waals surface area contributed by atoms with Crippen molar-refractivity contribution in [3.63, 3.8) is 0 Å². The van der Waals surface area contributed by atoms with Crippen LogP contribution in [0.4, 0.5) is 0 Å². The zero-order valence-electron chi connectivity index (χ0n) is 9.04. The van der Waals surface area contributed by atoms with Crippen molar-refractivity contribution in [1.29, 1.82) is 0 Å². The van der Waals surface area contributed by atoms with Gasteiger partial charge in [0.1, 0.15) is 5.75 Å². The van der Waals surface area contributed by atoms with Crippen LogP contribution in [0.3, 0.4) is 0 Å². The smallest absolute Gasteiger partial charge is 0.133 e. The van der Waals surface area contributed by atoms with Gasteiger partial charge in [0, 0.05) is 11.1 Å². The Morgan fingerprint density at radius 1 is 1.29 bits per heavy atom. The molecule has 1 N–H and O–H groups in total. The maximum absolute atomic E-state index is 9.18. The van der Waals surface area contributed by atoms with E-state index >= 15 is 0 Å². The normalized spacial score (nSPS) is 19.4. The van der Waals surface area contributed by atoms with Gasteiger partial charge in [-0.1, -0.05) is 20.8 Å². The summed E-state index contributed by atoms with van der Waals surface area (Å²) in [5, 5.41) is 9.18. The molecule has 1 heterocycles. The van der Waals surface area contributed by atoms with E-state index in [0.717, 1.165) is 5.69 Å². The highest BCUT2D eigenvalue weighted by molar-refractivity contribution is 5.31. The van der Waals surface area contributed by atoms with Crippen LogP contribution in [0.5, 0.6) is 5.75 Å². The van der Waals surface area contributed by atoms with Crippen molar-refractivity contribution in [1.82, 2.24) is 4.98 Å². The van der Waals surface area contributed by atoms with E-state index in [0.29, 0.717) is 0 Å². The predicted molar refractivity (Wildman–Crippen MR) is 56.3 cm³/mol. The first-order valence-electron chi connectivity index (χ1n) is 5.11. The molecule has 0 atom stereocenters. The molecule has 14 heavy (non-hydrogen) atoms. The average molecular weight is 191 g/mol. The van der Waals surface area contributed by atoms with Gasteiger partial charge < -0.3 is 5.11 Å². The molecule has 0 saturated heterocycles. The van der Waals surface area contributed by atoms with Crippen LogP contribution in [0.25, 0.3) is 0 Å². The number of aromatic nitrogens is 1. The van der Waals surface area contributed by atoms with Crippen molar-refractivity contribution in [3.8, 4) is 5.75 Å². The van der Waals surface area contributed by atoms with Gasteiger partial charge in [-0.3, -0.25) is 4.98 Å². The van der Waals surface area contributed by atoms with Crippen molar-refractivity contribution < 1.29 is 5.11 Å². The zero-order valence-corrected chi connectivity index (χ0v) is 9.04. The van der Waals surface area contributed by atoms with E-state index in [1.165, 1.54) is 12.8 Å². The predicted octanol–water partition coefficient (Wildman–Crippen LogP) is 2.86. The lowest BCUT2D eigenvalue weighted by molar-refractivity contribution is 0.292. The van der Waals surface area contributed by atoms with Gasteiger partial charge in [-0.05, 0) is 30.4 Å². The molecule has 2 heteroatoms. The van der Waals surface area contributed by atoms with E-state index in [1.54, 1.807) is 12.3 Å². The third kappa shape index (κ3) is 1.29. The van der Waals surface area contributed by atoms with Gasteiger partial charge in [0.05, 0.1) is 6.20 Å². The van der Waals surface area contributed by atoms with E-state index in [9.17, 15) is 5.11 Å². The first kappa shape index (κ1) is 9.50. The van der Waals surface area contributed by atoms with Crippen molar-refractivity contribution in [2.45, 2.75) is 39.0 Å². The quantitative estimate of drug-likeness (QED) is 0.740. The summed E-state index contributed by atoms with van der Waals surface area (Å²) in [6, 6.07) is 3.68. The SMILES string of the molecule is CC(C)(C)C1(c2ccc(O)cn2)CC1. The monoisotopic (exact) mass is 191 g/mol. The van der Waals surface area contributed by atoms with Crippen LogP contribution in [0.15, 0.2) is 18.3 Å². The van der Waals surface area contributed by atoms with Crippen molar-refractivity contribution in [2.75, 3.05) is 0 Å². The second-order valence-electron chi connectivity index (χ2n) is 5.23. The second-order valence-corrected chi connectivity index (χ2v) is 5.23. The van der Waals surface area contributed by atoms with Gasteiger partial charge >= 0.3 is 0 Å². The molecule has 0 aliphatic heterocycles. The maximum Gasteiger partial charge on any atom is 0.133 e. The summed E-state index contributed by atoms with van der Waals surface area (Å²) < 4.78 is 0. The first-order valence-corrected chi connectivity index (χ1v) is 5.11. The molecule has 1 fully saturated rings. The van der Waals surface area contributed by atoms with E-state index in [-0.39, 0.29) is 16.6 Å². The molecule has 1 aliphatic carbocycles. The molecule has 0 bridgehead atoms. The van der Waals surface area contributed by atoms with Gasteiger partial charge in [-0.25, -0.2) is 0 Å². The van der Waals surface area contributed by atoms with Crippen LogP contribution in [0.1, 0.15) is 39.3 Å². The lowest BCUT2D eigenvalue weighted by Crippen LogP contribution is -2.26. The van der Waals surface area contributed by atoms with Gasteiger partial charge in [0.15, 0.2) is 0 Å². The van der Waals surface area contributed by atoms with Crippen molar-refractivity contribution in [2.24, 2.45) is 5.41 Å². The van der Waals surface area contributed by atoms with Crippen LogP contribution in [0, 0.1) is 5.41 Å². The minimum atomic E-state index is 0.249. The Balaban J connectivity index is 2.36. The lowest BCUT2D eigenvalue weighted by Gasteiger charge is -2.30. The van der Waals surface area contributed by atoms with Crippen LogP contribution in [-0.4, -0.2) is 10.1 Å². The van der Waals surface area contributed by atoms with Gasteiger partial charge in [0.25, 0.3) is 0 Å². The minimum absolute atomic E-state index is 0.249. The number of hydrogen-bond acceptors (Lipinski definition) is 2. The fourth-order valence-electron chi connectivity index (χ4n) is 2.18. The Hall–Kier alpha value is -1.05. The molecule has 76 valence electrons. The van der Waals surface area contributed by atoms with Crippen LogP contribution in [0.2, 0.25) is 0 Å². The molecule has 1 aliphatic rings. The Morgan fingerprint density at radius 3 is 2.29 bits per heavy atom. The fraction of sp³-hybridized carbons (Fsp3) is 0.583. The Labute approximate surface area is 85.0 Å². The molecule has 0 unspecified atom stereocenters. The van der Waals surface area contributed by atoms with Crippen molar-refractivity contribution >= 4 is 0 Å². The third-order valence-electron chi connectivity index (χ3n) is 3.42. The molecular weight excluding hydrogens is 174 g/mol. The summed E-state index contributed by atoms with van der Waals surface area (Å²) in [5.74, 6) is 0.249. The topological polar surface area (TPSA) is 33.1 Å². The van der Waals surface area contributed by atoms with E-state index in [2.05, 4.69) is 25.8 Å². The Morgan fingerprint density at radius 2 is 1.93 bits per heavy atom. The lowest BCUT2D eigenvalue weighted by atomic mass is 9.75. The number of rotatable bonds is 1. The molecule has 0 spiro atoms. The third-order valence-corrected chi connectivity index (χ3v) is 3.42. The standard InChI is InChI=1S/C12H17NO/c1-11(2,3)12(6-7-12)10-5-4-9(14)8-13-10/h4-5,8,14H,6-7H2,1-3H3. The highest BCUT2D eigenvalue weighted by Gasteiger charge is 2.54. The summed E-state index contributed by atoms with van der Waals surface area (Å²) in [6.45, 7) is 6.78. The van der Waals surface area contributed by atoms with Crippen LogP contribution < -0.4 is 0 Å². The Kier molecular flexibility index (Phi) is 1.85. The number of aromatic hydroxyl groups is 1. The molecule has 2 rings (SSSR count). The molecule has 0 radical (unpaired) electrons. The molecule has 1 saturated carbocycles. The molecule has 2 nitrogen and oxygen atoms in total. The number of pyridine rings is 1. The average Bonchev–Trinajstić information content (AvgIpc) is 2.84. The summed E-state index contributed by atoms with van der Waals surface area (Å²) in [5.41, 5.74) is 1.64. The molecule has 1 aromatic heterocycles. The summed E-state index contributed by atoms with van der Waals surface area (Å²) in [4.78, 5) is 4.33. The first-order chi connectivity index (χ1) is 6.46. The van der Waals surface area contributed by atoms with Gasteiger partial charge in [-0.15, -0.1) is 0 Å². The second kappa shape index (κ2) is 2.72.